The van der Waals surface area contributed by atoms with E-state index in [4.69, 9.17) is 0 Å². The summed E-state index contributed by atoms with van der Waals surface area (Å²) in [6.07, 6.45) is 1.81. The average Bonchev–Trinajstić information content (AvgIpc) is 1.37. The van der Waals surface area contributed by atoms with Crippen molar-refractivity contribution in [3.05, 3.63) is 12.7 Å². The van der Waals surface area contributed by atoms with Crippen LogP contribution in [-0.2, 0) is 19.2 Å². The summed E-state index contributed by atoms with van der Waals surface area (Å²) in [5.74, 6) is 0. The number of allylic oxidation sites excluding steroid dienone is 1. The molecule has 0 aromatic rings. The molecule has 0 nitrogen and oxygen atoms in total. The monoisotopic (exact) mass is 219 g/mol. The zero-order chi connectivity index (χ0) is 3.41. The molecule has 0 saturated heterocycles. The first-order valence-electron chi connectivity index (χ1n) is 1.04. The van der Waals surface area contributed by atoms with Crippen molar-refractivity contribution in [3.8, 4) is 0 Å². The summed E-state index contributed by atoms with van der Waals surface area (Å²) in [6.45, 7) is 3.44. The summed E-state index contributed by atoms with van der Waals surface area (Å²) in [4.78, 5) is 0.933. The average molecular weight is 220 g/mol. The smallest absolute Gasteiger partial charge is 0.147 e. The summed E-state index contributed by atoms with van der Waals surface area (Å²) in [5, 5.41) is 0. The Bertz CT molecular complexity index is 22.8. The Kier molecular flexibility index (Phi) is 43.8. The van der Waals surface area contributed by atoms with E-state index >= 15 is 0 Å². The number of halogens is 2. The largest absolute Gasteiger partial charge is 0.147 e. The van der Waals surface area contributed by atoms with Gasteiger partial charge < -0.3 is 0 Å². The number of hydrogen-bond donors (Lipinski definition) is 0. The fourth-order valence-electron chi connectivity index (χ4n) is 0. The maximum atomic E-state index is 3.44. The van der Waals surface area contributed by atoms with Gasteiger partial charge in [-0.15, -0.1) is 24.8 Å². The molecule has 0 unspecified atom stereocenters. The van der Waals surface area contributed by atoms with E-state index in [2.05, 4.69) is 25.8 Å². The van der Waals surface area contributed by atoms with E-state index in [1.54, 1.807) is 0 Å². The number of rotatable bonds is 1. The van der Waals surface area contributed by atoms with E-state index in [9.17, 15) is 0 Å². The van der Waals surface area contributed by atoms with Crippen LogP contribution in [0.5, 0.6) is 0 Å². The molecular weight excluding hydrogens is 213 g/mol. The van der Waals surface area contributed by atoms with E-state index < -0.39 is 0 Å². The second-order valence-corrected chi connectivity index (χ2v) is 1.05. The summed E-state index contributed by atoms with van der Waals surface area (Å²) >= 11 is 2.92. The van der Waals surface area contributed by atoms with Crippen LogP contribution < -0.4 is 0 Å². The molecular formula is C3H7Cl2Pd. The van der Waals surface area contributed by atoms with Crippen LogP contribution in [0.15, 0.2) is 12.7 Å². The maximum absolute atomic E-state index is 3.44. The van der Waals surface area contributed by atoms with Crippen molar-refractivity contribution in [1.82, 2.24) is 0 Å². The van der Waals surface area contributed by atoms with Gasteiger partial charge in [0.1, 0.15) is 0 Å². The molecule has 0 rings (SSSR count). The van der Waals surface area contributed by atoms with Gasteiger partial charge in [0, 0.05) is 0 Å². The molecule has 0 aliphatic rings. The summed E-state index contributed by atoms with van der Waals surface area (Å²) in [6, 6.07) is 0. The number of hydrogen-bond acceptors (Lipinski definition) is 0. The normalized spacial score (nSPS) is 4.33. The molecule has 0 aromatic carbocycles. The Morgan fingerprint density at radius 1 is 1.50 bits per heavy atom. The van der Waals surface area contributed by atoms with Crippen molar-refractivity contribution in [2.45, 2.75) is 4.89 Å². The third kappa shape index (κ3) is 20.1. The van der Waals surface area contributed by atoms with Gasteiger partial charge in [-0.25, -0.2) is 0 Å². The van der Waals surface area contributed by atoms with Crippen LogP contribution in [0.4, 0.5) is 0 Å². The first-order chi connectivity index (χ1) is 1.91. The van der Waals surface area contributed by atoms with E-state index in [1.807, 2.05) is 6.08 Å². The van der Waals surface area contributed by atoms with Crippen LogP contribution in [0.25, 0.3) is 0 Å². The van der Waals surface area contributed by atoms with Gasteiger partial charge >= 0.3 is 36.8 Å². The quantitative estimate of drug-likeness (QED) is 0.468. The molecule has 0 aromatic heterocycles. The Morgan fingerprint density at radius 3 is 1.67 bits per heavy atom. The molecule has 0 aliphatic heterocycles. The molecule has 0 amide bonds. The minimum absolute atomic E-state index is 0. The standard InChI is InChI=1S/C3H5.2ClH.Pd/c1-3-2;;;/h3H,1-2H2;2*1H;. The van der Waals surface area contributed by atoms with E-state index in [-0.39, 0.29) is 24.8 Å². The van der Waals surface area contributed by atoms with Gasteiger partial charge in [0.25, 0.3) is 0 Å². The minimum Gasteiger partial charge on any atom is -0.147 e. The summed E-state index contributed by atoms with van der Waals surface area (Å²) in [7, 11) is 0. The second kappa shape index (κ2) is 16.7. The fraction of sp³-hybridized carbons (Fsp3) is 0.333. The molecule has 0 spiro atoms. The van der Waals surface area contributed by atoms with Gasteiger partial charge in [-0.05, 0) is 0 Å². The Morgan fingerprint density at radius 2 is 1.67 bits per heavy atom. The van der Waals surface area contributed by atoms with Crippen molar-refractivity contribution in [2.75, 3.05) is 0 Å². The van der Waals surface area contributed by atoms with E-state index in [0.717, 1.165) is 4.89 Å². The van der Waals surface area contributed by atoms with Crippen LogP contribution in [0.2, 0.25) is 4.89 Å². The first kappa shape index (κ1) is 15.8. The molecule has 43 valence electrons. The van der Waals surface area contributed by atoms with Crippen LogP contribution >= 0.6 is 24.8 Å². The molecule has 3 heteroatoms. The van der Waals surface area contributed by atoms with Crippen molar-refractivity contribution in [3.63, 3.8) is 0 Å². The Hall–Kier alpha value is 0.982. The molecule has 0 heterocycles. The van der Waals surface area contributed by atoms with Crippen LogP contribution in [-0.4, -0.2) is 0 Å². The molecule has 0 aliphatic carbocycles. The van der Waals surface area contributed by atoms with Crippen LogP contribution in [0.3, 0.4) is 0 Å². The Labute approximate surface area is 61.6 Å². The zero-order valence-electron chi connectivity index (χ0n) is 3.12. The van der Waals surface area contributed by atoms with Gasteiger partial charge in [-0.1, -0.05) is 0 Å². The van der Waals surface area contributed by atoms with Crippen molar-refractivity contribution >= 4 is 24.8 Å². The minimum atomic E-state index is 0. The fourth-order valence-corrected chi connectivity index (χ4v) is 0. The van der Waals surface area contributed by atoms with Crippen LogP contribution in [0.1, 0.15) is 0 Å². The third-order valence-corrected chi connectivity index (χ3v) is 0.540. The third-order valence-electron chi connectivity index (χ3n) is 0.0913. The zero-order valence-corrected chi connectivity index (χ0v) is 6.31. The SMILES string of the molecule is C=C[CH2][Pd].Cl.Cl. The van der Waals surface area contributed by atoms with E-state index in [0.29, 0.717) is 0 Å². The maximum Gasteiger partial charge on any atom is -0.147 e. The van der Waals surface area contributed by atoms with Crippen molar-refractivity contribution in [1.29, 1.82) is 0 Å². The molecule has 0 bridgehead atoms. The molecule has 0 atom stereocenters. The summed E-state index contributed by atoms with van der Waals surface area (Å²) < 4.78 is 0. The second-order valence-electron chi connectivity index (χ2n) is 0.418. The van der Waals surface area contributed by atoms with Gasteiger partial charge in [0.2, 0.25) is 0 Å². The summed E-state index contributed by atoms with van der Waals surface area (Å²) in [5.41, 5.74) is 0. The van der Waals surface area contributed by atoms with Gasteiger partial charge in [0.15, 0.2) is 0 Å². The van der Waals surface area contributed by atoms with Crippen molar-refractivity contribution < 1.29 is 19.2 Å². The van der Waals surface area contributed by atoms with E-state index in [1.165, 1.54) is 0 Å². The van der Waals surface area contributed by atoms with Crippen LogP contribution in [0, 0.1) is 0 Å². The first-order valence-corrected chi connectivity index (χ1v) is 2.14. The molecule has 0 radical (unpaired) electrons. The van der Waals surface area contributed by atoms with Gasteiger partial charge in [-0.3, -0.25) is 0 Å². The molecule has 6 heavy (non-hydrogen) atoms. The topological polar surface area (TPSA) is 0 Å². The Balaban J connectivity index is -0.0000000450. The van der Waals surface area contributed by atoms with Gasteiger partial charge in [-0.2, -0.15) is 0 Å². The molecule has 0 fully saturated rings. The predicted octanol–water partition coefficient (Wildman–Crippen LogP) is 1.98. The van der Waals surface area contributed by atoms with Crippen molar-refractivity contribution in [2.24, 2.45) is 0 Å². The predicted molar refractivity (Wildman–Crippen MR) is 29.5 cm³/mol. The van der Waals surface area contributed by atoms with Gasteiger partial charge in [0.05, 0.1) is 0 Å². The molecule has 0 N–H and O–H groups in total. The molecule has 0 saturated carbocycles.